The normalized spacial score (nSPS) is 22.2. The van der Waals surface area contributed by atoms with Crippen LogP contribution in [-0.4, -0.2) is 23.2 Å². The smallest absolute Gasteiger partial charge is 0.180 e. The lowest BCUT2D eigenvalue weighted by atomic mass is 10.4. The molecule has 1 rings (SSSR count). The molecule has 0 aromatic carbocycles. The first-order valence-corrected chi connectivity index (χ1v) is 4.36. The minimum absolute atomic E-state index is 0.389. The minimum atomic E-state index is -4.69. The first-order chi connectivity index (χ1) is 5.29. The maximum Gasteiger partial charge on any atom is 0.180 e. The van der Waals surface area contributed by atoms with Crippen LogP contribution in [0.4, 0.5) is 0 Å². The van der Waals surface area contributed by atoms with Gasteiger partial charge in [-0.1, -0.05) is 0 Å². The fourth-order valence-electron chi connectivity index (χ4n) is 0.626. The van der Waals surface area contributed by atoms with E-state index in [4.69, 9.17) is 23.4 Å². The van der Waals surface area contributed by atoms with Crippen molar-refractivity contribution >= 4 is 5.90 Å². The molecule has 0 spiro atoms. The molecule has 1 aliphatic heterocycles. The Morgan fingerprint density at radius 2 is 2.00 bits per heavy atom. The van der Waals surface area contributed by atoms with Crippen LogP contribution >= 0.6 is 0 Å². The zero-order chi connectivity index (χ0) is 9.78. The van der Waals surface area contributed by atoms with E-state index in [-0.39, 0.29) is 0 Å². The summed E-state index contributed by atoms with van der Waals surface area (Å²) in [5.41, 5.74) is 0. The number of aliphatic imine (C=N–C) groups is 1. The quantitative estimate of drug-likeness (QED) is 0.439. The molecular weight excluding hydrogens is 190 g/mol. The van der Waals surface area contributed by atoms with Crippen molar-refractivity contribution < 1.29 is 33.6 Å². The van der Waals surface area contributed by atoms with Gasteiger partial charge in [-0.25, -0.2) is 4.99 Å². The highest BCUT2D eigenvalue weighted by Crippen LogP contribution is 2.00. The molecule has 72 valence electrons. The number of nitrogens with zero attached hydrogens (tertiary/aromatic N) is 1. The molecule has 0 saturated carbocycles. The van der Waals surface area contributed by atoms with Gasteiger partial charge in [0.25, 0.3) is 0 Å². The predicted molar refractivity (Wildman–Crippen MR) is 30.7 cm³/mol. The van der Waals surface area contributed by atoms with E-state index >= 15 is 0 Å². The highest BCUT2D eigenvalue weighted by atomic mass is 35.7. The van der Waals surface area contributed by atoms with Gasteiger partial charge in [-0.3, -0.25) is 0 Å². The zero-order valence-corrected chi connectivity index (χ0v) is 7.45. The lowest BCUT2D eigenvalue weighted by Gasteiger charge is -2.03. The van der Waals surface area contributed by atoms with Gasteiger partial charge in [-0.05, 0) is 6.92 Å². The Morgan fingerprint density at radius 1 is 1.58 bits per heavy atom. The van der Waals surface area contributed by atoms with Crippen LogP contribution in [0.25, 0.3) is 0 Å². The van der Waals surface area contributed by atoms with E-state index in [1.165, 1.54) is 0 Å². The van der Waals surface area contributed by atoms with E-state index in [1.54, 1.807) is 0 Å². The summed E-state index contributed by atoms with van der Waals surface area (Å²) < 4.78 is 37.7. The molecule has 0 aliphatic carbocycles. The summed E-state index contributed by atoms with van der Waals surface area (Å²) in [6.45, 7) is 4.69. The molecule has 1 N–H and O–H groups in total. The first kappa shape index (κ1) is 11.6. The van der Waals surface area contributed by atoms with Gasteiger partial charge in [0.15, 0.2) is 5.90 Å². The number of hydrogen-bond donors (Lipinski definition) is 1. The van der Waals surface area contributed by atoms with Crippen LogP contribution in [0.1, 0.15) is 13.8 Å². The summed E-state index contributed by atoms with van der Waals surface area (Å²) in [5.74, 6) is 0.826. The molecule has 0 saturated heterocycles. The molecule has 0 fully saturated rings. The van der Waals surface area contributed by atoms with E-state index in [0.717, 1.165) is 12.5 Å². The van der Waals surface area contributed by atoms with Crippen molar-refractivity contribution in [2.24, 2.45) is 4.99 Å². The molecule has 0 aromatic rings. The first-order valence-electron chi connectivity index (χ1n) is 3.09. The Labute approximate surface area is 71.8 Å². The Bertz CT molecular complexity index is 160. The minimum Gasteiger partial charge on any atom is -0.479 e. The van der Waals surface area contributed by atoms with E-state index < -0.39 is 10.2 Å². The highest BCUT2D eigenvalue weighted by molar-refractivity contribution is 5.74. The summed E-state index contributed by atoms with van der Waals surface area (Å²) in [6.07, 6.45) is 0. The topological polar surface area (TPSA) is 111 Å². The number of halogens is 1. The van der Waals surface area contributed by atoms with Crippen LogP contribution in [-0.2, 0) is 4.74 Å². The lowest BCUT2D eigenvalue weighted by molar-refractivity contribution is -1.92. The monoisotopic (exact) mass is 199 g/mol. The molecule has 0 radical (unpaired) electrons. The van der Waals surface area contributed by atoms with Crippen molar-refractivity contribution in [3.8, 4) is 0 Å². The van der Waals surface area contributed by atoms with Gasteiger partial charge in [0.1, 0.15) is 6.61 Å². The maximum atomic E-state index is 8.60. The summed E-state index contributed by atoms with van der Waals surface area (Å²) in [6, 6.07) is 0.389. The molecule has 1 atom stereocenters. The molecule has 7 heteroatoms. The van der Waals surface area contributed by atoms with Crippen LogP contribution < -0.4 is 14.0 Å². The average Bonchev–Trinajstić information content (AvgIpc) is 2.09. The number of ether oxygens (including phenoxy) is 1. The molecule has 1 heterocycles. The predicted octanol–water partition coefficient (Wildman–Crippen LogP) is -3.30. The highest BCUT2D eigenvalue weighted by Gasteiger charge is 2.07. The second-order valence-electron chi connectivity index (χ2n) is 2.20. The Kier molecular flexibility index (Phi) is 4.43. The van der Waals surface area contributed by atoms with Crippen molar-refractivity contribution in [1.82, 2.24) is 0 Å². The van der Waals surface area contributed by atoms with Crippen molar-refractivity contribution in [2.75, 3.05) is 6.61 Å². The number of rotatable bonds is 0. The third-order valence-corrected chi connectivity index (χ3v) is 0.936. The lowest BCUT2D eigenvalue weighted by Crippen LogP contribution is -2.58. The summed E-state index contributed by atoms with van der Waals surface area (Å²) >= 11 is 0. The molecule has 12 heavy (non-hydrogen) atoms. The summed E-state index contributed by atoms with van der Waals surface area (Å²) in [4.78, 5) is 4.08. The van der Waals surface area contributed by atoms with Gasteiger partial charge < -0.3 is 4.74 Å². The second-order valence-corrected chi connectivity index (χ2v) is 3.00. The van der Waals surface area contributed by atoms with Crippen molar-refractivity contribution in [3.05, 3.63) is 0 Å². The van der Waals surface area contributed by atoms with Crippen LogP contribution in [0.3, 0.4) is 0 Å². The standard InChI is InChI=1S/C5H9NO.ClHO4/c1-4-3-7-5(2)6-4;2-1(3,4)5/h4H,3H2,1-2H3;(H,2,3,4,5). The van der Waals surface area contributed by atoms with E-state index in [9.17, 15) is 0 Å². The molecule has 0 amide bonds. The molecule has 1 aliphatic rings. The largest absolute Gasteiger partial charge is 0.479 e. The molecule has 0 bridgehead atoms. The zero-order valence-electron chi connectivity index (χ0n) is 6.69. The molecule has 6 nitrogen and oxygen atoms in total. The molecule has 0 aromatic heterocycles. The van der Waals surface area contributed by atoms with Crippen LogP contribution in [0.15, 0.2) is 4.99 Å². The van der Waals surface area contributed by atoms with Crippen LogP contribution in [0, 0.1) is 10.2 Å². The Balaban J connectivity index is 0.000000217. The Hall–Kier alpha value is -0.400. The van der Waals surface area contributed by atoms with Crippen molar-refractivity contribution in [3.63, 3.8) is 0 Å². The van der Waals surface area contributed by atoms with E-state index in [2.05, 4.69) is 4.99 Å². The van der Waals surface area contributed by atoms with Gasteiger partial charge in [0, 0.05) is 6.92 Å². The van der Waals surface area contributed by atoms with Gasteiger partial charge in [0.2, 0.25) is 0 Å². The SMILES string of the molecule is CC1=NC(C)CO1.[O-][Cl+3]([O-])([O-])O. The Morgan fingerprint density at radius 3 is 2.08 bits per heavy atom. The number of hydrogen-bond acceptors (Lipinski definition) is 6. The molecule has 1 unspecified atom stereocenters. The summed E-state index contributed by atoms with van der Waals surface area (Å²) in [7, 11) is -4.69. The van der Waals surface area contributed by atoms with Gasteiger partial charge in [-0.2, -0.15) is 14.0 Å². The van der Waals surface area contributed by atoms with Crippen LogP contribution in [0.5, 0.6) is 0 Å². The van der Waals surface area contributed by atoms with Crippen molar-refractivity contribution in [2.45, 2.75) is 19.9 Å². The third kappa shape index (κ3) is 9.60. The fraction of sp³-hybridized carbons (Fsp3) is 0.800. The second kappa shape index (κ2) is 4.58. The fourth-order valence-corrected chi connectivity index (χ4v) is 0.626. The van der Waals surface area contributed by atoms with Gasteiger partial charge in [-0.15, -0.1) is 0 Å². The summed E-state index contributed by atoms with van der Waals surface area (Å²) in [5, 5.41) is 0. The van der Waals surface area contributed by atoms with Gasteiger partial charge in [0.05, 0.1) is 20.9 Å². The van der Waals surface area contributed by atoms with Crippen molar-refractivity contribution in [1.29, 1.82) is 0 Å². The molecular formula is C5H10ClNO5. The average molecular weight is 200 g/mol. The third-order valence-electron chi connectivity index (χ3n) is 0.936. The maximum absolute atomic E-state index is 8.60. The van der Waals surface area contributed by atoms with Crippen LogP contribution in [0.2, 0.25) is 0 Å². The van der Waals surface area contributed by atoms with E-state index in [1.807, 2.05) is 13.8 Å². The van der Waals surface area contributed by atoms with E-state index in [0.29, 0.717) is 6.04 Å². The van der Waals surface area contributed by atoms with Gasteiger partial charge >= 0.3 is 0 Å².